The van der Waals surface area contributed by atoms with Crippen LogP contribution in [0.5, 0.6) is 5.75 Å². The van der Waals surface area contributed by atoms with Crippen molar-refractivity contribution in [3.05, 3.63) is 170 Å². The summed E-state index contributed by atoms with van der Waals surface area (Å²) in [5, 5.41) is 13.3. The van der Waals surface area contributed by atoms with Crippen LogP contribution in [0, 0.1) is 22.0 Å². The smallest absolute Gasteiger partial charge is 0.297 e. The number of Topliss-reactive ketones (excluding diaryl/α,β-unsaturated/α-hetero) is 1. The Morgan fingerprint density at radius 1 is 0.660 bits per heavy atom. The van der Waals surface area contributed by atoms with Crippen molar-refractivity contribution < 1.29 is 24.0 Å². The number of nitro groups is 1. The molecule has 5 aromatic carbocycles. The van der Waals surface area contributed by atoms with Gasteiger partial charge >= 0.3 is 0 Å². The second kappa shape index (κ2) is 11.5. The van der Waals surface area contributed by atoms with Gasteiger partial charge in [0.1, 0.15) is 11.4 Å². The van der Waals surface area contributed by atoms with Crippen molar-refractivity contribution >= 4 is 63.3 Å². The van der Waals surface area contributed by atoms with Crippen LogP contribution in [0.1, 0.15) is 22.3 Å². The van der Waals surface area contributed by atoms with Gasteiger partial charge < -0.3 is 4.74 Å². The molecule has 8 rings (SSSR count). The lowest BCUT2D eigenvalue weighted by molar-refractivity contribution is -0.384. The number of ketones is 1. The molecule has 246 valence electrons. The predicted molar refractivity (Wildman–Crippen MR) is 190 cm³/mol. The van der Waals surface area contributed by atoms with Crippen LogP contribution >= 0.6 is 23.2 Å². The molecule has 50 heavy (non-hydrogen) atoms. The molecule has 1 saturated heterocycles. The van der Waals surface area contributed by atoms with E-state index in [9.17, 15) is 10.1 Å². The molecule has 0 aromatic heterocycles. The van der Waals surface area contributed by atoms with Gasteiger partial charge in [0, 0.05) is 10.0 Å². The van der Waals surface area contributed by atoms with Gasteiger partial charge in [0.2, 0.25) is 11.8 Å². The molecular weight excluding hydrogens is 675 g/mol. The fourth-order valence-electron chi connectivity index (χ4n) is 8.56. The Hall–Kier alpha value is -5.57. The summed E-state index contributed by atoms with van der Waals surface area (Å²) in [7, 11) is 1.37. The molecule has 2 bridgehead atoms. The Labute approximate surface area is 296 Å². The third-order valence-electron chi connectivity index (χ3n) is 10.3. The van der Waals surface area contributed by atoms with Crippen LogP contribution in [0.4, 0.5) is 11.4 Å². The molecule has 3 aliphatic rings. The number of carbonyl (C=O) groups excluding carboxylic acids is 3. The molecule has 0 N–H and O–H groups in total. The second-order valence-electron chi connectivity index (χ2n) is 12.5. The number of methoxy groups -OCH3 is 1. The highest BCUT2D eigenvalue weighted by Gasteiger charge is 2.83. The van der Waals surface area contributed by atoms with Gasteiger partial charge in [-0.1, -0.05) is 108 Å². The van der Waals surface area contributed by atoms with Crippen LogP contribution in [0.15, 0.2) is 127 Å². The van der Waals surface area contributed by atoms with Crippen LogP contribution in [0.25, 0.3) is 11.1 Å². The van der Waals surface area contributed by atoms with Crippen LogP contribution in [0.3, 0.4) is 0 Å². The van der Waals surface area contributed by atoms with Crippen molar-refractivity contribution in [1.29, 1.82) is 0 Å². The maximum Gasteiger partial charge on any atom is 0.297 e. The summed E-state index contributed by atoms with van der Waals surface area (Å²) in [6, 6.07) is 36.2. The summed E-state index contributed by atoms with van der Waals surface area (Å²) in [5.74, 6) is -4.13. The van der Waals surface area contributed by atoms with Crippen molar-refractivity contribution in [3.8, 4) is 5.75 Å². The van der Waals surface area contributed by atoms with E-state index in [4.69, 9.17) is 27.9 Å². The molecule has 5 aromatic rings. The zero-order valence-electron chi connectivity index (χ0n) is 26.4. The first-order chi connectivity index (χ1) is 24.2. The van der Waals surface area contributed by atoms with Gasteiger partial charge in [0.15, 0.2) is 5.78 Å². The van der Waals surface area contributed by atoms with Gasteiger partial charge in [-0.05, 0) is 69.8 Å². The zero-order chi connectivity index (χ0) is 34.9. The topological polar surface area (TPSA) is 107 Å². The van der Waals surface area contributed by atoms with Crippen LogP contribution in [-0.2, 0) is 25.2 Å². The first-order valence-corrected chi connectivity index (χ1v) is 16.6. The predicted octanol–water partition coefficient (Wildman–Crippen LogP) is 8.10. The molecule has 4 atom stereocenters. The number of ether oxygens (including phenoxy) is 1. The lowest BCUT2D eigenvalue weighted by atomic mass is 9.59. The van der Waals surface area contributed by atoms with E-state index in [1.54, 1.807) is 48.5 Å². The van der Waals surface area contributed by atoms with Gasteiger partial charge in [0.05, 0.1) is 40.8 Å². The van der Waals surface area contributed by atoms with Crippen molar-refractivity contribution in [2.45, 2.75) is 10.8 Å². The monoisotopic (exact) mass is 700 g/mol. The Morgan fingerprint density at radius 3 is 1.50 bits per heavy atom. The van der Waals surface area contributed by atoms with Gasteiger partial charge in [0.25, 0.3) is 5.69 Å². The van der Waals surface area contributed by atoms with E-state index in [1.807, 2.05) is 60.7 Å². The van der Waals surface area contributed by atoms with Crippen LogP contribution < -0.4 is 9.64 Å². The average molecular weight is 702 g/mol. The second-order valence-corrected chi connectivity index (χ2v) is 13.4. The molecule has 1 saturated carbocycles. The van der Waals surface area contributed by atoms with E-state index in [-0.39, 0.29) is 17.2 Å². The minimum atomic E-state index is -1.70. The number of carbonyl (C=O) groups is 3. The van der Waals surface area contributed by atoms with Gasteiger partial charge in [-0.2, -0.15) is 0 Å². The van der Waals surface area contributed by atoms with Crippen LogP contribution in [-0.4, -0.2) is 29.6 Å². The first kappa shape index (κ1) is 31.7. The summed E-state index contributed by atoms with van der Waals surface area (Å²) in [6.45, 7) is 0. The Kier molecular flexibility index (Phi) is 7.29. The number of nitrogens with zero attached hydrogens (tertiary/aromatic N) is 2. The number of imide groups is 1. The quantitative estimate of drug-likeness (QED) is 0.0965. The maximum absolute atomic E-state index is 16.0. The van der Waals surface area contributed by atoms with Gasteiger partial charge in [-0.3, -0.25) is 24.5 Å². The summed E-state index contributed by atoms with van der Waals surface area (Å²) in [5.41, 5.74) is -0.577. The molecule has 0 unspecified atom stereocenters. The summed E-state index contributed by atoms with van der Waals surface area (Å²) >= 11 is 12.8. The largest absolute Gasteiger partial charge is 0.496 e. The normalized spacial score (nSPS) is 23.8. The average Bonchev–Trinajstić information content (AvgIpc) is 3.64. The number of halogens is 2. The number of allylic oxidation sites excluding steroid dienone is 2. The van der Waals surface area contributed by atoms with Gasteiger partial charge in [-0.25, -0.2) is 4.90 Å². The lowest BCUT2D eigenvalue weighted by Crippen LogP contribution is -2.45. The minimum Gasteiger partial charge on any atom is -0.496 e. The number of rotatable bonds is 7. The zero-order valence-corrected chi connectivity index (χ0v) is 27.9. The third kappa shape index (κ3) is 4.09. The summed E-state index contributed by atoms with van der Waals surface area (Å²) < 4.78 is 5.24. The first-order valence-electron chi connectivity index (χ1n) is 15.8. The van der Waals surface area contributed by atoms with Crippen molar-refractivity contribution in [2.24, 2.45) is 11.8 Å². The molecule has 10 heteroatoms. The molecular formula is C40H26Cl2N2O6. The number of hydrogen-bond donors (Lipinski definition) is 0. The molecule has 0 spiro atoms. The molecule has 8 nitrogen and oxygen atoms in total. The Morgan fingerprint density at radius 2 is 1.10 bits per heavy atom. The standard InChI is InChI=1S/C40H26Cl2N2O6/c1-50-29-20-21-30(31(22-29)44(48)49)43-36(45)34-35(37(43)46)40(26-14-18-28(42)19-15-26)33(24-10-6-3-7-11-24)32(23-8-4-2-5-9-23)39(34,38(40)47)25-12-16-27(41)17-13-25/h2-22,34-35H,1H3/t34-,35-,39+,40+/m1/s1. The molecule has 1 aliphatic heterocycles. The van der Waals surface area contributed by atoms with Crippen molar-refractivity contribution in [2.75, 3.05) is 12.0 Å². The minimum absolute atomic E-state index is 0.185. The fraction of sp³-hybridized carbons (Fsp3) is 0.125. The van der Waals surface area contributed by atoms with Crippen molar-refractivity contribution in [1.82, 2.24) is 0 Å². The van der Waals surface area contributed by atoms with E-state index in [1.165, 1.54) is 25.3 Å². The molecule has 0 radical (unpaired) electrons. The van der Waals surface area contributed by atoms with E-state index >= 15 is 14.4 Å². The molecule has 2 amide bonds. The molecule has 2 aliphatic carbocycles. The van der Waals surface area contributed by atoms with E-state index in [0.717, 1.165) is 4.90 Å². The number of fused-ring (bicyclic) bond motifs is 5. The number of anilines is 1. The fourth-order valence-corrected chi connectivity index (χ4v) is 8.81. The maximum atomic E-state index is 16.0. The highest BCUT2D eigenvalue weighted by Crippen LogP contribution is 2.74. The SMILES string of the molecule is COc1ccc(N2C(=O)[C@H]3[C@H](C2=O)[C@@]2(c4ccc(Cl)cc4)C(=O)[C@@]3(c3ccc(Cl)cc3)C(c3ccccc3)=C2c2ccccc2)c([N+](=O)[O-])c1. The van der Waals surface area contributed by atoms with Gasteiger partial charge in [-0.15, -0.1) is 0 Å². The number of nitro benzene ring substituents is 1. The highest BCUT2D eigenvalue weighted by atomic mass is 35.5. The van der Waals surface area contributed by atoms with Crippen molar-refractivity contribution in [3.63, 3.8) is 0 Å². The number of amides is 2. The third-order valence-corrected chi connectivity index (χ3v) is 10.8. The summed E-state index contributed by atoms with van der Waals surface area (Å²) in [6.07, 6.45) is 0. The Bertz CT molecular complexity index is 2150. The van der Waals surface area contributed by atoms with Crippen LogP contribution in [0.2, 0.25) is 10.0 Å². The van der Waals surface area contributed by atoms with E-state index < -0.39 is 45.1 Å². The highest BCUT2D eigenvalue weighted by molar-refractivity contribution is 6.39. The number of benzene rings is 5. The lowest BCUT2D eigenvalue weighted by Gasteiger charge is -2.39. The molecule has 1 heterocycles. The van der Waals surface area contributed by atoms with E-state index in [0.29, 0.717) is 43.4 Å². The summed E-state index contributed by atoms with van der Waals surface area (Å²) in [4.78, 5) is 59.0. The van der Waals surface area contributed by atoms with E-state index in [2.05, 4.69) is 0 Å². The molecule has 2 fully saturated rings. The Balaban J connectivity index is 1.54. The number of hydrogen-bond acceptors (Lipinski definition) is 6.